The summed E-state index contributed by atoms with van der Waals surface area (Å²) >= 11 is 2.00. The van der Waals surface area contributed by atoms with Gasteiger partial charge >= 0.3 is 0 Å². The number of hydrogen-bond donors (Lipinski definition) is 0. The van der Waals surface area contributed by atoms with Gasteiger partial charge in [0.2, 0.25) is 0 Å². The largest absolute Gasteiger partial charge is 0.355 e. The number of hydrogen-bond acceptors (Lipinski definition) is 6. The predicted octanol–water partition coefficient (Wildman–Crippen LogP) is 1.96. The molecule has 1 unspecified atom stereocenters. The summed E-state index contributed by atoms with van der Waals surface area (Å²) in [7, 11) is 4.00. The first-order valence-corrected chi connectivity index (χ1v) is 8.67. The summed E-state index contributed by atoms with van der Waals surface area (Å²) < 4.78 is 1.83. The highest BCUT2D eigenvalue weighted by atomic mass is 32.2. The summed E-state index contributed by atoms with van der Waals surface area (Å²) in [5.74, 6) is 4.30. The maximum atomic E-state index is 4.44. The number of nitrogens with zero attached hydrogens (tertiary/aromatic N) is 6. The first kappa shape index (κ1) is 15.1. The zero-order chi connectivity index (χ0) is 15.5. The minimum atomic E-state index is 0.216. The third-order valence-corrected chi connectivity index (χ3v) is 5.07. The van der Waals surface area contributed by atoms with Crippen LogP contribution in [0.5, 0.6) is 0 Å². The fourth-order valence-corrected chi connectivity index (χ4v) is 3.48. The second-order valence-electron chi connectivity index (χ2n) is 5.57. The molecule has 0 saturated carbocycles. The van der Waals surface area contributed by atoms with Crippen molar-refractivity contribution in [3.05, 3.63) is 30.4 Å². The van der Waals surface area contributed by atoms with Crippen LogP contribution < -0.4 is 9.80 Å². The fraction of sp³-hybridized carbons (Fsp3) is 0.533. The van der Waals surface area contributed by atoms with Crippen LogP contribution >= 0.6 is 11.8 Å². The van der Waals surface area contributed by atoms with Crippen molar-refractivity contribution in [1.29, 1.82) is 0 Å². The first-order chi connectivity index (χ1) is 10.6. The van der Waals surface area contributed by atoms with Gasteiger partial charge in [0.1, 0.15) is 18.0 Å². The van der Waals surface area contributed by atoms with Gasteiger partial charge in [-0.15, -0.1) is 0 Å². The molecule has 0 aliphatic carbocycles. The standard InChI is InChI=1S/C15H22N6S/c1-12(13-9-18-19(2)10-13)20(3)14-8-15(17-11-16-14)21-4-6-22-7-5-21/h8-12H,4-7H2,1-3H3. The van der Waals surface area contributed by atoms with Crippen molar-refractivity contribution in [3.8, 4) is 0 Å². The van der Waals surface area contributed by atoms with Gasteiger partial charge in [0.15, 0.2) is 0 Å². The molecule has 1 aliphatic heterocycles. The van der Waals surface area contributed by atoms with Gasteiger partial charge < -0.3 is 9.80 Å². The molecule has 3 rings (SSSR count). The van der Waals surface area contributed by atoms with Crippen LogP contribution in [0.4, 0.5) is 11.6 Å². The minimum Gasteiger partial charge on any atom is -0.355 e. The van der Waals surface area contributed by atoms with Crippen molar-refractivity contribution in [2.75, 3.05) is 41.4 Å². The van der Waals surface area contributed by atoms with Gasteiger partial charge in [0.05, 0.1) is 12.2 Å². The molecule has 0 aromatic carbocycles. The SMILES string of the molecule is CC(c1cnn(C)c1)N(C)c1cc(N2CCSCC2)ncn1. The molecule has 0 bridgehead atoms. The molecule has 0 spiro atoms. The van der Waals surface area contributed by atoms with Gasteiger partial charge in [-0.1, -0.05) is 0 Å². The summed E-state index contributed by atoms with van der Waals surface area (Å²) in [5, 5.41) is 4.25. The lowest BCUT2D eigenvalue weighted by Crippen LogP contribution is -2.33. The van der Waals surface area contributed by atoms with Crippen molar-refractivity contribution in [3.63, 3.8) is 0 Å². The summed E-state index contributed by atoms with van der Waals surface area (Å²) in [5.41, 5.74) is 1.18. The molecule has 2 aromatic rings. The zero-order valence-corrected chi connectivity index (χ0v) is 14.1. The molecule has 2 aromatic heterocycles. The molecule has 1 saturated heterocycles. The van der Waals surface area contributed by atoms with Crippen LogP contribution in [0.3, 0.4) is 0 Å². The lowest BCUT2D eigenvalue weighted by molar-refractivity contribution is 0.720. The van der Waals surface area contributed by atoms with E-state index < -0.39 is 0 Å². The number of thioether (sulfide) groups is 1. The molecule has 1 aliphatic rings. The number of anilines is 2. The smallest absolute Gasteiger partial charge is 0.134 e. The van der Waals surface area contributed by atoms with E-state index in [0.717, 1.165) is 24.7 Å². The number of aryl methyl sites for hydroxylation is 1. The summed E-state index contributed by atoms with van der Waals surface area (Å²) in [6, 6.07) is 2.30. The summed E-state index contributed by atoms with van der Waals surface area (Å²) in [6.45, 7) is 4.28. The second-order valence-corrected chi connectivity index (χ2v) is 6.79. The lowest BCUT2D eigenvalue weighted by atomic mass is 10.1. The Hall–Kier alpha value is -1.76. The number of aromatic nitrogens is 4. The van der Waals surface area contributed by atoms with E-state index in [1.165, 1.54) is 17.1 Å². The topological polar surface area (TPSA) is 50.1 Å². The Bertz CT molecular complexity index is 622. The highest BCUT2D eigenvalue weighted by molar-refractivity contribution is 7.99. The van der Waals surface area contributed by atoms with Gasteiger partial charge in [-0.25, -0.2) is 9.97 Å². The van der Waals surface area contributed by atoms with Crippen molar-refractivity contribution < 1.29 is 0 Å². The molecule has 6 nitrogen and oxygen atoms in total. The maximum Gasteiger partial charge on any atom is 0.134 e. The average Bonchev–Trinajstić information content (AvgIpc) is 3.01. The molecule has 7 heteroatoms. The highest BCUT2D eigenvalue weighted by Gasteiger charge is 2.18. The average molecular weight is 318 g/mol. The highest BCUT2D eigenvalue weighted by Crippen LogP contribution is 2.26. The van der Waals surface area contributed by atoms with E-state index in [-0.39, 0.29) is 6.04 Å². The molecule has 1 atom stereocenters. The Morgan fingerprint density at radius 3 is 2.73 bits per heavy atom. The van der Waals surface area contributed by atoms with E-state index in [2.05, 4.69) is 44.9 Å². The number of rotatable bonds is 4. The molecule has 0 radical (unpaired) electrons. The molecule has 22 heavy (non-hydrogen) atoms. The van der Waals surface area contributed by atoms with Crippen LogP contribution in [-0.2, 0) is 7.05 Å². The van der Waals surface area contributed by atoms with E-state index in [9.17, 15) is 0 Å². The van der Waals surface area contributed by atoms with Crippen LogP contribution in [0.1, 0.15) is 18.5 Å². The summed E-state index contributed by atoms with van der Waals surface area (Å²) in [6.07, 6.45) is 5.62. The van der Waals surface area contributed by atoms with Crippen LogP contribution in [-0.4, -0.2) is 51.4 Å². The van der Waals surface area contributed by atoms with Crippen LogP contribution in [0.2, 0.25) is 0 Å². The monoisotopic (exact) mass is 318 g/mol. The molecule has 0 N–H and O–H groups in total. The first-order valence-electron chi connectivity index (χ1n) is 7.51. The van der Waals surface area contributed by atoms with Gasteiger partial charge in [0.25, 0.3) is 0 Å². The van der Waals surface area contributed by atoms with E-state index in [1.54, 1.807) is 6.33 Å². The van der Waals surface area contributed by atoms with Gasteiger partial charge in [-0.2, -0.15) is 16.9 Å². The molecule has 1 fully saturated rings. The van der Waals surface area contributed by atoms with Crippen molar-refractivity contribution in [2.24, 2.45) is 7.05 Å². The minimum absolute atomic E-state index is 0.216. The third kappa shape index (κ3) is 3.19. The zero-order valence-electron chi connectivity index (χ0n) is 13.3. The molecular formula is C15H22N6S. The molecular weight excluding hydrogens is 296 g/mol. The van der Waals surface area contributed by atoms with Crippen molar-refractivity contribution >= 4 is 23.4 Å². The second kappa shape index (κ2) is 6.56. The lowest BCUT2D eigenvalue weighted by Gasteiger charge is -2.29. The normalized spacial score (nSPS) is 16.6. The van der Waals surface area contributed by atoms with E-state index >= 15 is 0 Å². The van der Waals surface area contributed by atoms with Crippen LogP contribution in [0, 0.1) is 0 Å². The Balaban J connectivity index is 1.78. The van der Waals surface area contributed by atoms with Gasteiger partial charge in [-0.3, -0.25) is 4.68 Å². The third-order valence-electron chi connectivity index (χ3n) is 4.12. The summed E-state index contributed by atoms with van der Waals surface area (Å²) in [4.78, 5) is 13.4. The Morgan fingerprint density at radius 2 is 2.05 bits per heavy atom. The molecule has 0 amide bonds. The fourth-order valence-electron chi connectivity index (χ4n) is 2.57. The van der Waals surface area contributed by atoms with E-state index in [4.69, 9.17) is 0 Å². The molecule has 3 heterocycles. The van der Waals surface area contributed by atoms with Crippen LogP contribution in [0.25, 0.3) is 0 Å². The van der Waals surface area contributed by atoms with Crippen molar-refractivity contribution in [2.45, 2.75) is 13.0 Å². The van der Waals surface area contributed by atoms with Crippen LogP contribution in [0.15, 0.2) is 24.8 Å². The maximum absolute atomic E-state index is 4.44. The Kier molecular flexibility index (Phi) is 4.52. The van der Waals surface area contributed by atoms with E-state index in [0.29, 0.717) is 0 Å². The Labute approximate surface area is 135 Å². The molecule has 118 valence electrons. The van der Waals surface area contributed by atoms with Gasteiger partial charge in [0, 0.05) is 56.5 Å². The van der Waals surface area contributed by atoms with E-state index in [1.807, 2.05) is 35.9 Å². The quantitative estimate of drug-likeness (QED) is 0.859. The van der Waals surface area contributed by atoms with Crippen molar-refractivity contribution in [1.82, 2.24) is 19.7 Å². The van der Waals surface area contributed by atoms with Gasteiger partial charge in [-0.05, 0) is 6.92 Å². The predicted molar refractivity (Wildman–Crippen MR) is 91.6 cm³/mol. The Morgan fingerprint density at radius 1 is 1.27 bits per heavy atom.